The fourth-order valence-electron chi connectivity index (χ4n) is 1.62. The molecule has 5 nitrogen and oxygen atoms in total. The van der Waals surface area contributed by atoms with E-state index in [0.29, 0.717) is 10.7 Å². The molecule has 2 heterocycles. The van der Waals surface area contributed by atoms with Gasteiger partial charge in [0.15, 0.2) is 5.12 Å². The first-order chi connectivity index (χ1) is 7.56. The van der Waals surface area contributed by atoms with Crippen molar-refractivity contribution in [3.05, 3.63) is 10.6 Å². The van der Waals surface area contributed by atoms with Crippen LogP contribution in [0.1, 0.15) is 6.92 Å². The van der Waals surface area contributed by atoms with Gasteiger partial charge in [0.2, 0.25) is 5.91 Å². The van der Waals surface area contributed by atoms with E-state index in [9.17, 15) is 14.4 Å². The van der Waals surface area contributed by atoms with Crippen molar-refractivity contribution < 1.29 is 14.4 Å². The van der Waals surface area contributed by atoms with Crippen LogP contribution >= 0.6 is 23.5 Å². The number of thioether (sulfide) groups is 2. The zero-order valence-electron chi connectivity index (χ0n) is 8.43. The van der Waals surface area contributed by atoms with Crippen LogP contribution in [0, 0.1) is 0 Å². The second-order valence-electron chi connectivity index (χ2n) is 3.40. The van der Waals surface area contributed by atoms with Gasteiger partial charge in [-0.2, -0.15) is 0 Å². The lowest BCUT2D eigenvalue weighted by atomic mass is 10.1. The van der Waals surface area contributed by atoms with Crippen molar-refractivity contribution in [2.45, 2.75) is 18.3 Å². The minimum atomic E-state index is -0.544. The maximum atomic E-state index is 11.5. The maximum Gasteiger partial charge on any atom is 0.252 e. The van der Waals surface area contributed by atoms with E-state index in [1.54, 1.807) is 6.29 Å². The average molecular weight is 257 g/mol. The number of hydrogen-bond acceptors (Lipinski definition) is 6. The molecule has 1 saturated heterocycles. The molecule has 2 aliphatic rings. The largest absolute Gasteiger partial charge is 0.317 e. The van der Waals surface area contributed by atoms with Gasteiger partial charge in [-0.1, -0.05) is 11.8 Å². The van der Waals surface area contributed by atoms with Gasteiger partial charge < -0.3 is 5.73 Å². The Morgan fingerprint density at radius 1 is 1.69 bits per heavy atom. The molecule has 0 aromatic rings. The number of amides is 1. The summed E-state index contributed by atoms with van der Waals surface area (Å²) in [6.45, 7) is 1.42. The van der Waals surface area contributed by atoms with Crippen molar-refractivity contribution in [1.82, 2.24) is 4.90 Å². The van der Waals surface area contributed by atoms with Gasteiger partial charge in [0.1, 0.15) is 17.1 Å². The van der Waals surface area contributed by atoms with E-state index < -0.39 is 6.04 Å². The number of carbonyl (C=O) groups excluding carboxylic acids is 3. The van der Waals surface area contributed by atoms with Crippen molar-refractivity contribution in [1.29, 1.82) is 0 Å². The van der Waals surface area contributed by atoms with Crippen molar-refractivity contribution in [2.24, 2.45) is 5.73 Å². The van der Waals surface area contributed by atoms with E-state index in [0.717, 1.165) is 11.8 Å². The zero-order valence-corrected chi connectivity index (χ0v) is 10.1. The molecule has 0 saturated carbocycles. The highest BCUT2D eigenvalue weighted by Gasteiger charge is 2.50. The van der Waals surface area contributed by atoms with E-state index in [1.807, 2.05) is 0 Å². The number of allylic oxidation sites excluding steroid dienone is 1. The van der Waals surface area contributed by atoms with E-state index in [1.165, 1.54) is 23.6 Å². The molecule has 0 aromatic heterocycles. The molecule has 0 unspecified atom stereocenters. The molecular weight excluding hydrogens is 248 g/mol. The molecule has 0 aromatic carbocycles. The lowest BCUT2D eigenvalue weighted by Gasteiger charge is -2.47. The molecule has 85 valence electrons. The molecule has 2 atom stereocenters. The fourth-order valence-corrected chi connectivity index (χ4v) is 3.79. The maximum absolute atomic E-state index is 11.5. The number of nitrogens with two attached hydrogens (primary N) is 1. The first-order valence-electron chi connectivity index (χ1n) is 4.56. The molecule has 7 heteroatoms. The second kappa shape index (κ2) is 4.23. The third-order valence-electron chi connectivity index (χ3n) is 2.34. The molecule has 1 amide bonds. The Hall–Kier alpha value is -0.790. The van der Waals surface area contributed by atoms with Crippen LogP contribution in [0.2, 0.25) is 0 Å². The van der Waals surface area contributed by atoms with Crippen LogP contribution in [0.15, 0.2) is 10.6 Å². The minimum Gasteiger partial charge on any atom is -0.317 e. The number of nitrogens with zero attached hydrogens (tertiary/aromatic N) is 1. The Kier molecular flexibility index (Phi) is 3.09. The third-order valence-corrected chi connectivity index (χ3v) is 4.69. The summed E-state index contributed by atoms with van der Waals surface area (Å²) >= 11 is 2.44. The van der Waals surface area contributed by atoms with Gasteiger partial charge in [0, 0.05) is 17.6 Å². The quantitative estimate of drug-likeness (QED) is 0.692. The average Bonchev–Trinajstić information content (AvgIpc) is 2.26. The van der Waals surface area contributed by atoms with Gasteiger partial charge in [-0.15, -0.1) is 11.8 Å². The molecule has 16 heavy (non-hydrogen) atoms. The number of rotatable bonds is 2. The molecular formula is C9H9N2O3S2. The summed E-state index contributed by atoms with van der Waals surface area (Å²) in [6, 6.07) is -0.544. The van der Waals surface area contributed by atoms with Crippen LogP contribution in [0.5, 0.6) is 0 Å². The SMILES string of the molecule is CC(=O)SC1=C([C]=O)N2C(=O)[C@@H](N)[C@H]2SC1. The first-order valence-corrected chi connectivity index (χ1v) is 6.42. The highest BCUT2D eigenvalue weighted by molar-refractivity contribution is 8.17. The van der Waals surface area contributed by atoms with Crippen molar-refractivity contribution in [3.63, 3.8) is 0 Å². The Labute approximate surface area is 101 Å². The predicted octanol–water partition coefficient (Wildman–Crippen LogP) is -0.170. The van der Waals surface area contributed by atoms with Crippen LogP contribution in [-0.2, 0) is 14.4 Å². The highest BCUT2D eigenvalue weighted by atomic mass is 32.2. The number of hydrogen-bond donors (Lipinski definition) is 1. The smallest absolute Gasteiger partial charge is 0.252 e. The van der Waals surface area contributed by atoms with Crippen LogP contribution in [0.25, 0.3) is 0 Å². The van der Waals surface area contributed by atoms with Crippen LogP contribution in [0.4, 0.5) is 0 Å². The number of carbonyl (C=O) groups is 2. The lowest BCUT2D eigenvalue weighted by molar-refractivity contribution is -0.140. The van der Waals surface area contributed by atoms with Crippen molar-refractivity contribution in [3.8, 4) is 0 Å². The molecule has 2 aliphatic heterocycles. The standard InChI is InChI=1S/C9H9N2O3S2/c1-4(13)16-6-3-15-9-7(10)8(14)11(9)5(6)2-12/h7,9H,3,10H2,1H3/t7-,9-/m1/s1. The Morgan fingerprint density at radius 3 is 2.94 bits per heavy atom. The fraction of sp³-hybridized carbons (Fsp3) is 0.444. The second-order valence-corrected chi connectivity index (χ2v) is 5.78. The van der Waals surface area contributed by atoms with E-state index in [4.69, 9.17) is 5.73 Å². The molecule has 2 N–H and O–H groups in total. The summed E-state index contributed by atoms with van der Waals surface area (Å²) in [5.41, 5.74) is 5.78. The molecule has 0 spiro atoms. The monoisotopic (exact) mass is 257 g/mol. The van der Waals surface area contributed by atoms with E-state index in [2.05, 4.69) is 0 Å². The van der Waals surface area contributed by atoms with Gasteiger partial charge in [-0.3, -0.25) is 19.3 Å². The highest BCUT2D eigenvalue weighted by Crippen LogP contribution is 2.41. The first kappa shape index (κ1) is 11.7. The van der Waals surface area contributed by atoms with Crippen molar-refractivity contribution >= 4 is 40.8 Å². The molecule has 1 fully saturated rings. The van der Waals surface area contributed by atoms with Crippen LogP contribution < -0.4 is 5.73 Å². The lowest BCUT2D eigenvalue weighted by Crippen LogP contribution is -2.67. The van der Waals surface area contributed by atoms with Gasteiger partial charge >= 0.3 is 0 Å². The molecule has 1 radical (unpaired) electrons. The normalized spacial score (nSPS) is 28.6. The zero-order chi connectivity index (χ0) is 11.9. The predicted molar refractivity (Wildman–Crippen MR) is 62.1 cm³/mol. The minimum absolute atomic E-state index is 0.112. The Bertz CT molecular complexity index is 408. The van der Waals surface area contributed by atoms with Gasteiger partial charge in [-0.25, -0.2) is 0 Å². The molecule has 2 rings (SSSR count). The summed E-state index contributed by atoms with van der Waals surface area (Å²) in [4.78, 5) is 35.2. The Balaban J connectivity index is 2.29. The number of β-lactam (4-membered cyclic amide) rings is 1. The Morgan fingerprint density at radius 2 is 2.38 bits per heavy atom. The third kappa shape index (κ3) is 1.68. The van der Waals surface area contributed by atoms with Gasteiger partial charge in [0.05, 0.1) is 0 Å². The van der Waals surface area contributed by atoms with Gasteiger partial charge in [0.25, 0.3) is 6.29 Å². The summed E-state index contributed by atoms with van der Waals surface area (Å²) in [6.07, 6.45) is 1.73. The van der Waals surface area contributed by atoms with E-state index in [-0.39, 0.29) is 22.1 Å². The summed E-state index contributed by atoms with van der Waals surface area (Å²) < 4.78 is 0. The summed E-state index contributed by atoms with van der Waals surface area (Å²) in [5.74, 6) is 0.244. The number of fused-ring (bicyclic) bond motifs is 1. The van der Waals surface area contributed by atoms with Crippen molar-refractivity contribution in [2.75, 3.05) is 5.75 Å². The topological polar surface area (TPSA) is 80.5 Å². The summed E-state index contributed by atoms with van der Waals surface area (Å²) in [7, 11) is 0. The van der Waals surface area contributed by atoms with Gasteiger partial charge in [-0.05, 0) is 0 Å². The van der Waals surface area contributed by atoms with Crippen LogP contribution in [0.3, 0.4) is 0 Å². The molecule has 0 bridgehead atoms. The molecule has 0 aliphatic carbocycles. The van der Waals surface area contributed by atoms with Crippen LogP contribution in [-0.4, -0.2) is 39.4 Å². The van der Waals surface area contributed by atoms with E-state index >= 15 is 0 Å². The summed E-state index contributed by atoms with van der Waals surface area (Å²) in [5, 5.41) is -0.292.